The Hall–Kier alpha value is -1.43. The third kappa shape index (κ3) is 4.10. The molecular weight excluding hydrogens is 330 g/mol. The summed E-state index contributed by atoms with van der Waals surface area (Å²) in [5, 5.41) is 3.52. The maximum absolute atomic E-state index is 12.5. The second-order valence-electron chi connectivity index (χ2n) is 5.84. The van der Waals surface area contributed by atoms with Gasteiger partial charge in [-0.3, -0.25) is 4.79 Å². The van der Waals surface area contributed by atoms with E-state index >= 15 is 0 Å². The third-order valence-electron chi connectivity index (χ3n) is 4.06. The normalized spacial score (nSPS) is 16.3. The van der Waals surface area contributed by atoms with E-state index in [9.17, 15) is 4.79 Å². The van der Waals surface area contributed by atoms with Gasteiger partial charge in [-0.25, -0.2) is 4.98 Å². The van der Waals surface area contributed by atoms with E-state index in [2.05, 4.69) is 16.9 Å². The van der Waals surface area contributed by atoms with Gasteiger partial charge in [-0.2, -0.15) is 0 Å². The first-order chi connectivity index (χ1) is 11.1. The Morgan fingerprint density at radius 1 is 1.26 bits per heavy atom. The summed E-state index contributed by atoms with van der Waals surface area (Å²) in [4.78, 5) is 21.3. The SMILES string of the molecule is CN1CCCN(C(=O)Cc2csc(-c3ccccc3Cl)n2)CC1. The van der Waals surface area contributed by atoms with Crippen molar-refractivity contribution in [3.05, 3.63) is 40.4 Å². The zero-order valence-corrected chi connectivity index (χ0v) is 14.7. The number of aromatic nitrogens is 1. The van der Waals surface area contributed by atoms with E-state index in [0.717, 1.165) is 48.9 Å². The van der Waals surface area contributed by atoms with Crippen LogP contribution in [0.25, 0.3) is 10.6 Å². The second kappa shape index (κ2) is 7.43. The lowest BCUT2D eigenvalue weighted by Gasteiger charge is -2.20. The summed E-state index contributed by atoms with van der Waals surface area (Å²) in [6.45, 7) is 3.63. The number of benzene rings is 1. The molecule has 0 saturated carbocycles. The van der Waals surface area contributed by atoms with Crippen LogP contribution >= 0.6 is 22.9 Å². The summed E-state index contributed by atoms with van der Waals surface area (Å²) in [5.41, 5.74) is 1.75. The molecule has 0 spiro atoms. The van der Waals surface area contributed by atoms with Crippen LogP contribution in [0.4, 0.5) is 0 Å². The van der Waals surface area contributed by atoms with Gasteiger partial charge in [-0.15, -0.1) is 11.3 Å². The zero-order chi connectivity index (χ0) is 16.2. The van der Waals surface area contributed by atoms with Crippen LogP contribution in [-0.4, -0.2) is 53.9 Å². The molecule has 1 aromatic carbocycles. The topological polar surface area (TPSA) is 36.4 Å². The van der Waals surface area contributed by atoms with Gasteiger partial charge in [0.15, 0.2) is 0 Å². The number of carbonyl (C=O) groups is 1. The molecule has 3 rings (SSSR count). The van der Waals surface area contributed by atoms with Crippen molar-refractivity contribution >= 4 is 28.8 Å². The molecule has 1 amide bonds. The lowest BCUT2D eigenvalue weighted by atomic mass is 10.2. The molecule has 2 heterocycles. The minimum Gasteiger partial charge on any atom is -0.341 e. The van der Waals surface area contributed by atoms with Crippen LogP contribution in [-0.2, 0) is 11.2 Å². The number of carbonyl (C=O) groups excluding carboxylic acids is 1. The lowest BCUT2D eigenvalue weighted by molar-refractivity contribution is -0.130. The summed E-state index contributed by atoms with van der Waals surface area (Å²) in [6, 6.07) is 7.66. The molecule has 0 atom stereocenters. The molecule has 1 aliphatic rings. The van der Waals surface area contributed by atoms with Crippen LogP contribution in [0.1, 0.15) is 12.1 Å². The molecule has 4 nitrogen and oxygen atoms in total. The van der Waals surface area contributed by atoms with Gasteiger partial charge in [0.1, 0.15) is 5.01 Å². The number of amides is 1. The largest absolute Gasteiger partial charge is 0.341 e. The number of hydrogen-bond donors (Lipinski definition) is 0. The van der Waals surface area contributed by atoms with E-state index < -0.39 is 0 Å². The molecule has 0 radical (unpaired) electrons. The summed E-state index contributed by atoms with van der Waals surface area (Å²) in [7, 11) is 2.10. The average molecular weight is 350 g/mol. The molecule has 0 aliphatic carbocycles. The molecule has 1 saturated heterocycles. The summed E-state index contributed by atoms with van der Waals surface area (Å²) in [6.07, 6.45) is 1.40. The van der Waals surface area contributed by atoms with Crippen LogP contribution in [0.15, 0.2) is 29.6 Å². The molecule has 0 unspecified atom stereocenters. The Morgan fingerprint density at radius 3 is 2.91 bits per heavy atom. The fraction of sp³-hybridized carbons (Fsp3) is 0.412. The standard InChI is InChI=1S/C17H20ClN3OS/c1-20-7-4-8-21(10-9-20)16(22)11-13-12-23-17(19-13)14-5-2-3-6-15(14)18/h2-3,5-6,12H,4,7-11H2,1H3. The number of thiazole rings is 1. The zero-order valence-electron chi connectivity index (χ0n) is 13.2. The second-order valence-corrected chi connectivity index (χ2v) is 7.10. The van der Waals surface area contributed by atoms with Crippen molar-refractivity contribution in [2.45, 2.75) is 12.8 Å². The highest BCUT2D eigenvalue weighted by Crippen LogP contribution is 2.30. The molecular formula is C17H20ClN3OS. The molecule has 1 aliphatic heterocycles. The summed E-state index contributed by atoms with van der Waals surface area (Å²) < 4.78 is 0. The minimum atomic E-state index is 0.163. The first kappa shape index (κ1) is 16.4. The quantitative estimate of drug-likeness (QED) is 0.854. The minimum absolute atomic E-state index is 0.163. The van der Waals surface area contributed by atoms with Crippen molar-refractivity contribution < 1.29 is 4.79 Å². The molecule has 0 N–H and O–H groups in total. The smallest absolute Gasteiger partial charge is 0.228 e. The fourth-order valence-electron chi connectivity index (χ4n) is 2.71. The van der Waals surface area contributed by atoms with Crippen molar-refractivity contribution in [1.82, 2.24) is 14.8 Å². The van der Waals surface area contributed by atoms with E-state index in [1.807, 2.05) is 34.5 Å². The number of rotatable bonds is 3. The van der Waals surface area contributed by atoms with Gasteiger partial charge >= 0.3 is 0 Å². The summed E-state index contributed by atoms with van der Waals surface area (Å²) in [5.74, 6) is 0.163. The van der Waals surface area contributed by atoms with E-state index in [1.165, 1.54) is 11.3 Å². The number of nitrogens with zero attached hydrogens (tertiary/aromatic N) is 3. The Bertz CT molecular complexity index is 688. The van der Waals surface area contributed by atoms with Crippen LogP contribution in [0.3, 0.4) is 0 Å². The van der Waals surface area contributed by atoms with Crippen LogP contribution < -0.4 is 0 Å². The third-order valence-corrected chi connectivity index (χ3v) is 5.31. The summed E-state index contributed by atoms with van der Waals surface area (Å²) >= 11 is 7.75. The fourth-order valence-corrected chi connectivity index (χ4v) is 3.85. The van der Waals surface area contributed by atoms with E-state index in [-0.39, 0.29) is 5.91 Å². The molecule has 122 valence electrons. The number of hydrogen-bond acceptors (Lipinski definition) is 4. The van der Waals surface area contributed by atoms with Crippen molar-refractivity contribution in [3.8, 4) is 10.6 Å². The molecule has 1 aromatic heterocycles. The predicted octanol–water partition coefficient (Wildman–Crippen LogP) is 3.17. The molecule has 23 heavy (non-hydrogen) atoms. The average Bonchev–Trinajstić information content (AvgIpc) is 2.87. The van der Waals surface area contributed by atoms with Gasteiger partial charge in [-0.05, 0) is 26.1 Å². The van der Waals surface area contributed by atoms with Gasteiger partial charge in [0.05, 0.1) is 17.1 Å². The first-order valence-electron chi connectivity index (χ1n) is 7.79. The number of halogens is 1. The van der Waals surface area contributed by atoms with E-state index in [4.69, 9.17) is 11.6 Å². The van der Waals surface area contributed by atoms with Gasteiger partial charge in [0.2, 0.25) is 5.91 Å². The van der Waals surface area contributed by atoms with Gasteiger partial charge in [0, 0.05) is 30.6 Å². The lowest BCUT2D eigenvalue weighted by Crippen LogP contribution is -2.35. The highest BCUT2D eigenvalue weighted by Gasteiger charge is 2.19. The van der Waals surface area contributed by atoms with Crippen molar-refractivity contribution in [3.63, 3.8) is 0 Å². The van der Waals surface area contributed by atoms with Crippen molar-refractivity contribution in [1.29, 1.82) is 0 Å². The maximum atomic E-state index is 12.5. The van der Waals surface area contributed by atoms with E-state index in [0.29, 0.717) is 11.4 Å². The Kier molecular flexibility index (Phi) is 5.30. The monoisotopic (exact) mass is 349 g/mol. The van der Waals surface area contributed by atoms with Crippen LogP contribution in [0.5, 0.6) is 0 Å². The molecule has 2 aromatic rings. The Labute approximate surface area is 145 Å². The molecule has 0 bridgehead atoms. The van der Waals surface area contributed by atoms with Gasteiger partial charge in [0.25, 0.3) is 0 Å². The van der Waals surface area contributed by atoms with Crippen LogP contribution in [0, 0.1) is 0 Å². The highest BCUT2D eigenvalue weighted by atomic mass is 35.5. The predicted molar refractivity (Wildman–Crippen MR) is 95.0 cm³/mol. The first-order valence-corrected chi connectivity index (χ1v) is 9.05. The van der Waals surface area contributed by atoms with E-state index in [1.54, 1.807) is 0 Å². The highest BCUT2D eigenvalue weighted by molar-refractivity contribution is 7.13. The molecule has 1 fully saturated rings. The van der Waals surface area contributed by atoms with Gasteiger partial charge < -0.3 is 9.80 Å². The molecule has 6 heteroatoms. The van der Waals surface area contributed by atoms with Crippen molar-refractivity contribution in [2.75, 3.05) is 33.2 Å². The van der Waals surface area contributed by atoms with Crippen LogP contribution in [0.2, 0.25) is 5.02 Å². The number of likely N-dealkylation sites (N-methyl/N-ethyl adjacent to an activating group) is 1. The van der Waals surface area contributed by atoms with Crippen molar-refractivity contribution in [2.24, 2.45) is 0 Å². The Balaban J connectivity index is 1.67. The Morgan fingerprint density at radius 2 is 2.09 bits per heavy atom. The maximum Gasteiger partial charge on any atom is 0.228 e. The van der Waals surface area contributed by atoms with Gasteiger partial charge in [-0.1, -0.05) is 29.8 Å².